The van der Waals surface area contributed by atoms with Gasteiger partial charge in [-0.05, 0) is 24.3 Å². The first-order chi connectivity index (χ1) is 11.1. The van der Waals surface area contributed by atoms with Crippen LogP contribution >= 0.6 is 23.4 Å². The molecule has 3 rings (SSSR count). The highest BCUT2D eigenvalue weighted by molar-refractivity contribution is 7.99. The number of carbonyl (C=O) groups is 1. The lowest BCUT2D eigenvalue weighted by atomic mass is 10.3. The molecular formula is C17H14ClN3OS. The third-order valence-corrected chi connectivity index (χ3v) is 4.58. The van der Waals surface area contributed by atoms with Crippen molar-refractivity contribution in [2.45, 2.75) is 9.79 Å². The van der Waals surface area contributed by atoms with Crippen molar-refractivity contribution < 1.29 is 4.79 Å². The summed E-state index contributed by atoms with van der Waals surface area (Å²) < 4.78 is 1.46. The number of nitrogens with zero attached hydrogens (tertiary/aromatic N) is 2. The predicted molar refractivity (Wildman–Crippen MR) is 93.2 cm³/mol. The SMILES string of the molecule is Cn1ncc(Cl)c1C(=O)Nc1ccccc1Sc1ccccc1. The third kappa shape index (κ3) is 3.57. The van der Waals surface area contributed by atoms with Gasteiger partial charge in [-0.1, -0.05) is 53.7 Å². The minimum atomic E-state index is -0.281. The van der Waals surface area contributed by atoms with E-state index in [0.29, 0.717) is 10.7 Å². The second-order valence-electron chi connectivity index (χ2n) is 4.83. The van der Waals surface area contributed by atoms with Gasteiger partial charge >= 0.3 is 0 Å². The molecule has 2 aromatic carbocycles. The lowest BCUT2D eigenvalue weighted by Gasteiger charge is -2.11. The molecule has 0 atom stereocenters. The molecule has 0 bridgehead atoms. The summed E-state index contributed by atoms with van der Waals surface area (Å²) in [5.41, 5.74) is 1.08. The fraction of sp³-hybridized carbons (Fsp3) is 0.0588. The van der Waals surface area contributed by atoms with Crippen molar-refractivity contribution in [3.8, 4) is 0 Å². The number of benzene rings is 2. The number of hydrogen-bond acceptors (Lipinski definition) is 3. The van der Waals surface area contributed by atoms with Crippen molar-refractivity contribution in [3.63, 3.8) is 0 Å². The molecule has 0 aliphatic carbocycles. The van der Waals surface area contributed by atoms with E-state index >= 15 is 0 Å². The monoisotopic (exact) mass is 343 g/mol. The Morgan fingerprint density at radius 3 is 2.52 bits per heavy atom. The Kier molecular flexibility index (Phi) is 4.69. The molecule has 0 unspecified atom stereocenters. The largest absolute Gasteiger partial charge is 0.320 e. The highest BCUT2D eigenvalue weighted by Gasteiger charge is 2.17. The number of halogens is 1. The number of nitrogens with one attached hydrogen (secondary N) is 1. The minimum absolute atomic E-state index is 0.281. The number of anilines is 1. The van der Waals surface area contributed by atoms with Crippen LogP contribution in [0.4, 0.5) is 5.69 Å². The van der Waals surface area contributed by atoms with Crippen molar-refractivity contribution >= 4 is 35.0 Å². The molecule has 116 valence electrons. The second-order valence-corrected chi connectivity index (χ2v) is 6.35. The lowest BCUT2D eigenvalue weighted by molar-refractivity contribution is 0.101. The molecular weight excluding hydrogens is 330 g/mol. The van der Waals surface area contributed by atoms with E-state index in [1.54, 1.807) is 18.8 Å². The number of aryl methyl sites for hydroxylation is 1. The van der Waals surface area contributed by atoms with Crippen LogP contribution in [0.5, 0.6) is 0 Å². The fourth-order valence-corrected chi connectivity index (χ4v) is 3.30. The number of aromatic nitrogens is 2. The Morgan fingerprint density at radius 2 is 1.83 bits per heavy atom. The van der Waals surface area contributed by atoms with Crippen LogP contribution in [0.15, 0.2) is 70.6 Å². The van der Waals surface area contributed by atoms with Crippen LogP contribution in [0, 0.1) is 0 Å². The van der Waals surface area contributed by atoms with Gasteiger partial charge in [0.25, 0.3) is 5.91 Å². The quantitative estimate of drug-likeness (QED) is 0.759. The number of carbonyl (C=O) groups excluding carboxylic acids is 1. The summed E-state index contributed by atoms with van der Waals surface area (Å²) in [6.07, 6.45) is 1.46. The van der Waals surface area contributed by atoms with Gasteiger partial charge in [-0.15, -0.1) is 0 Å². The maximum Gasteiger partial charge on any atom is 0.275 e. The minimum Gasteiger partial charge on any atom is -0.320 e. The summed E-state index contributed by atoms with van der Waals surface area (Å²) >= 11 is 7.62. The van der Waals surface area contributed by atoms with E-state index < -0.39 is 0 Å². The van der Waals surface area contributed by atoms with Gasteiger partial charge < -0.3 is 5.32 Å². The van der Waals surface area contributed by atoms with E-state index in [9.17, 15) is 4.79 Å². The molecule has 0 fully saturated rings. The molecule has 1 N–H and O–H groups in total. The number of amides is 1. The molecule has 6 heteroatoms. The van der Waals surface area contributed by atoms with Gasteiger partial charge in [0.1, 0.15) is 5.69 Å². The smallest absolute Gasteiger partial charge is 0.275 e. The van der Waals surface area contributed by atoms with E-state index in [1.165, 1.54) is 10.9 Å². The van der Waals surface area contributed by atoms with Gasteiger partial charge in [0.15, 0.2) is 0 Å². The van der Waals surface area contributed by atoms with Crippen LogP contribution in [0.3, 0.4) is 0 Å². The first kappa shape index (κ1) is 15.6. The zero-order valence-corrected chi connectivity index (χ0v) is 13.9. The zero-order valence-electron chi connectivity index (χ0n) is 12.4. The highest BCUT2D eigenvalue weighted by atomic mass is 35.5. The molecule has 0 aliphatic heterocycles. The average molecular weight is 344 g/mol. The second kappa shape index (κ2) is 6.89. The van der Waals surface area contributed by atoms with E-state index in [1.807, 2.05) is 54.6 Å². The summed E-state index contributed by atoms with van der Waals surface area (Å²) in [6.45, 7) is 0. The van der Waals surface area contributed by atoms with Crippen molar-refractivity contribution in [1.29, 1.82) is 0 Å². The van der Waals surface area contributed by atoms with Gasteiger partial charge in [0.05, 0.1) is 16.9 Å². The molecule has 0 aliphatic rings. The number of rotatable bonds is 4. The lowest BCUT2D eigenvalue weighted by Crippen LogP contribution is -2.17. The molecule has 0 spiro atoms. The summed E-state index contributed by atoms with van der Waals surface area (Å²) in [4.78, 5) is 14.5. The van der Waals surface area contributed by atoms with Crippen LogP contribution in [0.2, 0.25) is 5.02 Å². The van der Waals surface area contributed by atoms with Crippen molar-refractivity contribution in [2.75, 3.05) is 5.32 Å². The Bertz CT molecular complexity index is 813. The molecule has 1 aromatic heterocycles. The Labute approximate surface area is 143 Å². The molecule has 1 heterocycles. The first-order valence-electron chi connectivity index (χ1n) is 6.96. The molecule has 1 amide bonds. The molecule has 0 radical (unpaired) electrons. The van der Waals surface area contributed by atoms with E-state index in [-0.39, 0.29) is 5.91 Å². The first-order valence-corrected chi connectivity index (χ1v) is 8.15. The Balaban J connectivity index is 1.85. The third-order valence-electron chi connectivity index (χ3n) is 3.22. The van der Waals surface area contributed by atoms with Crippen LogP contribution < -0.4 is 5.32 Å². The van der Waals surface area contributed by atoms with E-state index in [4.69, 9.17) is 11.6 Å². The number of para-hydroxylation sites is 1. The average Bonchev–Trinajstić information content (AvgIpc) is 2.89. The summed E-state index contributed by atoms with van der Waals surface area (Å²) in [7, 11) is 1.69. The van der Waals surface area contributed by atoms with Gasteiger partial charge in [0, 0.05) is 16.8 Å². The predicted octanol–water partition coefficient (Wildman–Crippen LogP) is 4.48. The van der Waals surface area contributed by atoms with Crippen LogP contribution in [-0.2, 0) is 7.05 Å². The summed E-state index contributed by atoms with van der Waals surface area (Å²) in [5.74, 6) is -0.281. The van der Waals surface area contributed by atoms with Gasteiger partial charge in [0.2, 0.25) is 0 Å². The van der Waals surface area contributed by atoms with Crippen LogP contribution in [0.25, 0.3) is 0 Å². The maximum atomic E-state index is 12.5. The normalized spacial score (nSPS) is 10.5. The maximum absolute atomic E-state index is 12.5. The molecule has 4 nitrogen and oxygen atoms in total. The summed E-state index contributed by atoms with van der Waals surface area (Å²) in [6, 6.07) is 17.7. The highest BCUT2D eigenvalue weighted by Crippen LogP contribution is 2.33. The van der Waals surface area contributed by atoms with Crippen molar-refractivity contribution in [1.82, 2.24) is 9.78 Å². The van der Waals surface area contributed by atoms with Crippen LogP contribution in [0.1, 0.15) is 10.5 Å². The molecule has 0 saturated carbocycles. The van der Waals surface area contributed by atoms with Gasteiger partial charge in [-0.25, -0.2) is 0 Å². The summed E-state index contributed by atoms with van der Waals surface area (Å²) in [5, 5.41) is 7.23. The fourth-order valence-electron chi connectivity index (χ4n) is 2.12. The van der Waals surface area contributed by atoms with Gasteiger partial charge in [-0.2, -0.15) is 5.10 Å². The molecule has 3 aromatic rings. The van der Waals surface area contributed by atoms with Crippen molar-refractivity contribution in [3.05, 3.63) is 71.5 Å². The van der Waals surface area contributed by atoms with Gasteiger partial charge in [-0.3, -0.25) is 9.48 Å². The Hall–Kier alpha value is -2.24. The zero-order chi connectivity index (χ0) is 16.2. The molecule has 0 saturated heterocycles. The van der Waals surface area contributed by atoms with Crippen LogP contribution in [-0.4, -0.2) is 15.7 Å². The number of hydrogen-bond donors (Lipinski definition) is 1. The topological polar surface area (TPSA) is 46.9 Å². The standard InChI is InChI=1S/C17H14ClN3OS/c1-21-16(13(18)11-19-21)17(22)20-14-9-5-6-10-15(14)23-12-7-3-2-4-8-12/h2-11H,1H3,(H,20,22). The van der Waals surface area contributed by atoms with E-state index in [0.717, 1.165) is 15.5 Å². The van der Waals surface area contributed by atoms with E-state index in [2.05, 4.69) is 10.4 Å². The Morgan fingerprint density at radius 1 is 1.13 bits per heavy atom. The van der Waals surface area contributed by atoms with Crippen molar-refractivity contribution in [2.24, 2.45) is 7.05 Å². The molecule has 23 heavy (non-hydrogen) atoms.